The average molecular weight is 357 g/mol. The Labute approximate surface area is 121 Å². The van der Waals surface area contributed by atoms with Gasteiger partial charge in [0.25, 0.3) is 0 Å². The highest BCUT2D eigenvalue weighted by Crippen LogP contribution is 2.25. The molecule has 0 saturated heterocycles. The third kappa shape index (κ3) is 4.51. The summed E-state index contributed by atoms with van der Waals surface area (Å²) in [7, 11) is -2.00. The van der Waals surface area contributed by atoms with Crippen LogP contribution >= 0.6 is 27.5 Å². The third-order valence-electron chi connectivity index (χ3n) is 2.26. The second kappa shape index (κ2) is 6.86. The fraction of sp³-hybridized carbons (Fsp3) is 0.455. The Hall–Kier alpha value is -0.140. The van der Waals surface area contributed by atoms with Gasteiger partial charge in [-0.2, -0.15) is 0 Å². The fourth-order valence-corrected chi connectivity index (χ4v) is 3.57. The smallest absolute Gasteiger partial charge is 0.242 e. The monoisotopic (exact) mass is 355 g/mol. The number of halogens is 2. The van der Waals surface area contributed by atoms with Crippen LogP contribution in [-0.2, 0) is 14.8 Å². The van der Waals surface area contributed by atoms with Gasteiger partial charge in [-0.3, -0.25) is 0 Å². The highest BCUT2D eigenvalue weighted by atomic mass is 79.9. The van der Waals surface area contributed by atoms with Crippen molar-refractivity contribution in [2.45, 2.75) is 11.8 Å². The van der Waals surface area contributed by atoms with Gasteiger partial charge in [0.1, 0.15) is 4.90 Å². The molecule has 1 aromatic carbocycles. The zero-order chi connectivity index (χ0) is 13.8. The first kappa shape index (κ1) is 15.9. The van der Waals surface area contributed by atoms with Gasteiger partial charge < -0.3 is 4.74 Å². The SMILES string of the molecule is COCC(C)CNS(=O)(=O)c1ccc(Br)cc1Cl. The lowest BCUT2D eigenvalue weighted by molar-refractivity contribution is 0.161. The molecular formula is C11H15BrClNO3S. The Morgan fingerprint density at radius 1 is 1.50 bits per heavy atom. The molecule has 1 rings (SSSR count). The van der Waals surface area contributed by atoms with Crippen LogP contribution in [0.15, 0.2) is 27.6 Å². The van der Waals surface area contributed by atoms with Crippen molar-refractivity contribution in [3.05, 3.63) is 27.7 Å². The molecule has 0 radical (unpaired) electrons. The molecule has 18 heavy (non-hydrogen) atoms. The number of benzene rings is 1. The van der Waals surface area contributed by atoms with Crippen molar-refractivity contribution in [2.24, 2.45) is 5.92 Å². The number of hydrogen-bond donors (Lipinski definition) is 1. The zero-order valence-corrected chi connectivity index (χ0v) is 13.3. The number of sulfonamides is 1. The first-order chi connectivity index (χ1) is 8.36. The van der Waals surface area contributed by atoms with Gasteiger partial charge in [-0.25, -0.2) is 13.1 Å². The maximum atomic E-state index is 12.0. The minimum atomic E-state index is -3.58. The molecule has 0 aliphatic carbocycles. The summed E-state index contributed by atoms with van der Waals surface area (Å²) in [5.74, 6) is 0.0963. The molecule has 0 spiro atoms. The van der Waals surface area contributed by atoms with E-state index in [1.165, 1.54) is 6.07 Å². The van der Waals surface area contributed by atoms with E-state index < -0.39 is 10.0 Å². The standard InChI is InChI=1S/C11H15BrClNO3S/c1-8(7-17-2)6-14-18(15,16)11-4-3-9(12)5-10(11)13/h3-5,8,14H,6-7H2,1-2H3. The van der Waals surface area contributed by atoms with E-state index in [0.717, 1.165) is 4.47 Å². The Bertz CT molecular complexity index is 507. The molecule has 1 N–H and O–H groups in total. The highest BCUT2D eigenvalue weighted by molar-refractivity contribution is 9.10. The van der Waals surface area contributed by atoms with Crippen molar-refractivity contribution in [2.75, 3.05) is 20.3 Å². The van der Waals surface area contributed by atoms with E-state index in [1.54, 1.807) is 19.2 Å². The summed E-state index contributed by atoms with van der Waals surface area (Å²) in [6.45, 7) is 2.70. The summed E-state index contributed by atoms with van der Waals surface area (Å²) >= 11 is 9.15. The lowest BCUT2D eigenvalue weighted by Crippen LogP contribution is -2.30. The maximum absolute atomic E-state index is 12.0. The van der Waals surface area contributed by atoms with Gasteiger partial charge in [0.05, 0.1) is 5.02 Å². The third-order valence-corrected chi connectivity index (χ3v) is 4.66. The van der Waals surface area contributed by atoms with Crippen molar-refractivity contribution in [3.8, 4) is 0 Å². The minimum absolute atomic E-state index is 0.0805. The van der Waals surface area contributed by atoms with Gasteiger partial charge in [0.2, 0.25) is 10.0 Å². The van der Waals surface area contributed by atoms with Crippen molar-refractivity contribution < 1.29 is 13.2 Å². The minimum Gasteiger partial charge on any atom is -0.384 e. The van der Waals surface area contributed by atoms with Crippen molar-refractivity contribution in [1.82, 2.24) is 4.72 Å². The highest BCUT2D eigenvalue weighted by Gasteiger charge is 2.18. The van der Waals surface area contributed by atoms with Gasteiger partial charge in [0.15, 0.2) is 0 Å². The summed E-state index contributed by atoms with van der Waals surface area (Å²) in [4.78, 5) is 0.0805. The number of nitrogens with one attached hydrogen (secondary N) is 1. The summed E-state index contributed by atoms with van der Waals surface area (Å²) in [6.07, 6.45) is 0. The van der Waals surface area contributed by atoms with Crippen LogP contribution in [0.5, 0.6) is 0 Å². The first-order valence-corrected chi connectivity index (χ1v) is 7.96. The van der Waals surface area contributed by atoms with Crippen molar-refractivity contribution in [3.63, 3.8) is 0 Å². The van der Waals surface area contributed by atoms with E-state index in [4.69, 9.17) is 16.3 Å². The normalized spacial score (nSPS) is 13.6. The van der Waals surface area contributed by atoms with E-state index in [0.29, 0.717) is 13.2 Å². The lowest BCUT2D eigenvalue weighted by atomic mass is 10.2. The van der Waals surface area contributed by atoms with Crippen LogP contribution in [0.1, 0.15) is 6.92 Å². The Morgan fingerprint density at radius 2 is 2.17 bits per heavy atom. The molecule has 0 saturated carbocycles. The number of methoxy groups -OCH3 is 1. The molecule has 0 aromatic heterocycles. The van der Waals surface area contributed by atoms with E-state index in [1.807, 2.05) is 6.92 Å². The second-order valence-electron chi connectivity index (χ2n) is 3.99. The van der Waals surface area contributed by atoms with Gasteiger partial charge >= 0.3 is 0 Å². The van der Waals surface area contributed by atoms with Gasteiger partial charge in [-0.05, 0) is 24.1 Å². The van der Waals surface area contributed by atoms with Crippen molar-refractivity contribution >= 4 is 37.6 Å². The molecule has 0 bridgehead atoms. The number of hydrogen-bond acceptors (Lipinski definition) is 3. The molecule has 0 aliphatic heterocycles. The largest absolute Gasteiger partial charge is 0.384 e. The molecule has 0 aliphatic rings. The first-order valence-electron chi connectivity index (χ1n) is 5.30. The van der Waals surface area contributed by atoms with Gasteiger partial charge in [0, 0.05) is 24.7 Å². The van der Waals surface area contributed by atoms with Crippen LogP contribution in [0.4, 0.5) is 0 Å². The van der Waals surface area contributed by atoms with E-state index in [2.05, 4.69) is 20.7 Å². The topological polar surface area (TPSA) is 55.4 Å². The van der Waals surface area contributed by atoms with E-state index in [9.17, 15) is 8.42 Å². The van der Waals surface area contributed by atoms with Crippen LogP contribution in [-0.4, -0.2) is 28.7 Å². The second-order valence-corrected chi connectivity index (χ2v) is 7.05. The Morgan fingerprint density at radius 3 is 2.72 bits per heavy atom. The predicted octanol–water partition coefficient (Wildman–Crippen LogP) is 2.66. The van der Waals surface area contributed by atoms with Crippen LogP contribution in [0, 0.1) is 5.92 Å². The molecule has 7 heteroatoms. The quantitative estimate of drug-likeness (QED) is 0.852. The predicted molar refractivity (Wildman–Crippen MR) is 75.4 cm³/mol. The van der Waals surface area contributed by atoms with Crippen molar-refractivity contribution in [1.29, 1.82) is 0 Å². The summed E-state index contributed by atoms with van der Waals surface area (Å²) in [6, 6.07) is 4.66. The Kier molecular flexibility index (Phi) is 6.07. The molecule has 4 nitrogen and oxygen atoms in total. The molecular weight excluding hydrogens is 342 g/mol. The molecule has 1 atom stereocenters. The number of ether oxygens (including phenoxy) is 1. The van der Waals surface area contributed by atoms with Gasteiger partial charge in [-0.15, -0.1) is 0 Å². The van der Waals surface area contributed by atoms with Crippen LogP contribution in [0.3, 0.4) is 0 Å². The molecule has 102 valence electrons. The lowest BCUT2D eigenvalue weighted by Gasteiger charge is -2.12. The summed E-state index contributed by atoms with van der Waals surface area (Å²) in [5, 5.41) is 0.191. The maximum Gasteiger partial charge on any atom is 0.242 e. The number of rotatable bonds is 6. The Balaban J connectivity index is 2.80. The molecule has 1 unspecified atom stereocenters. The average Bonchev–Trinajstić information content (AvgIpc) is 2.26. The molecule has 0 heterocycles. The van der Waals surface area contributed by atoms with Crippen LogP contribution in [0.2, 0.25) is 5.02 Å². The van der Waals surface area contributed by atoms with Gasteiger partial charge in [-0.1, -0.05) is 34.5 Å². The summed E-state index contributed by atoms with van der Waals surface area (Å²) in [5.41, 5.74) is 0. The van der Waals surface area contributed by atoms with E-state index in [-0.39, 0.29) is 15.8 Å². The molecule has 1 aromatic rings. The van der Waals surface area contributed by atoms with E-state index >= 15 is 0 Å². The molecule has 0 amide bonds. The van der Waals surface area contributed by atoms with Crippen LogP contribution in [0.25, 0.3) is 0 Å². The molecule has 0 fully saturated rings. The summed E-state index contributed by atoms with van der Waals surface area (Å²) < 4.78 is 32.2. The fourth-order valence-electron chi connectivity index (χ4n) is 1.37. The van der Waals surface area contributed by atoms with Crippen LogP contribution < -0.4 is 4.72 Å². The zero-order valence-electron chi connectivity index (χ0n) is 10.1.